The van der Waals surface area contributed by atoms with Crippen LogP contribution < -0.4 is 0 Å². The monoisotopic (exact) mass is 334 g/mol. The summed E-state index contributed by atoms with van der Waals surface area (Å²) < 4.78 is 4.85. The summed E-state index contributed by atoms with van der Waals surface area (Å²) in [6, 6.07) is 0. The molecule has 0 saturated carbocycles. The van der Waals surface area contributed by atoms with Crippen molar-refractivity contribution in [2.24, 2.45) is 0 Å². The van der Waals surface area contributed by atoms with Gasteiger partial charge in [-0.25, -0.2) is 0 Å². The number of carbonyl (C=O) groups excluding carboxylic acids is 1. The van der Waals surface area contributed by atoms with Crippen molar-refractivity contribution in [3.63, 3.8) is 0 Å². The Balaban J connectivity index is 3.50. The lowest BCUT2D eigenvalue weighted by molar-refractivity contribution is -0.152. The maximum atomic E-state index is 11.5. The van der Waals surface area contributed by atoms with E-state index in [1.165, 1.54) is 38.5 Å². The Morgan fingerprint density at radius 3 is 1.91 bits per heavy atom. The second kappa shape index (κ2) is 14.9. The summed E-state index contributed by atoms with van der Waals surface area (Å²) in [7, 11) is 0. The maximum absolute atomic E-state index is 11.5. The molecule has 0 spiro atoms. The van der Waals surface area contributed by atoms with Crippen molar-refractivity contribution in [1.29, 1.82) is 0 Å². The van der Waals surface area contributed by atoms with E-state index in [-0.39, 0.29) is 6.61 Å². The molecule has 138 valence electrons. The summed E-state index contributed by atoms with van der Waals surface area (Å²) in [6.45, 7) is 1.16. The van der Waals surface area contributed by atoms with Crippen LogP contribution in [0.15, 0.2) is 0 Å². The van der Waals surface area contributed by atoms with Crippen LogP contribution in [-0.2, 0) is 9.53 Å². The molecule has 0 rings (SSSR count). The van der Waals surface area contributed by atoms with Crippen LogP contribution in [0.2, 0.25) is 0 Å². The van der Waals surface area contributed by atoms with Crippen molar-refractivity contribution in [2.45, 2.75) is 89.4 Å². The molecular weight excluding hydrogens is 300 g/mol. The van der Waals surface area contributed by atoms with Crippen molar-refractivity contribution >= 4 is 5.97 Å². The fourth-order valence-electron chi connectivity index (χ4n) is 2.29. The van der Waals surface area contributed by atoms with Gasteiger partial charge in [-0.3, -0.25) is 4.79 Å². The molecule has 0 aromatic carbocycles. The molecule has 0 aliphatic carbocycles. The Labute approximate surface area is 139 Å². The highest BCUT2D eigenvalue weighted by Crippen LogP contribution is 2.11. The first-order valence-corrected chi connectivity index (χ1v) is 8.83. The van der Waals surface area contributed by atoms with E-state index in [9.17, 15) is 15.0 Å². The third kappa shape index (κ3) is 12.4. The standard InChI is InChI=1S/C17H34O6/c1-2-3-4-5-6-7-8-9-10-11-16(21)23-13-15(20)17(22)14(19)12-18/h14-15,17-20,22H,2-13H2,1H3/t14-,15-,17-/m1/s1. The number of esters is 1. The zero-order chi connectivity index (χ0) is 17.5. The van der Waals surface area contributed by atoms with Gasteiger partial charge in [0.05, 0.1) is 6.61 Å². The molecule has 0 aliphatic heterocycles. The van der Waals surface area contributed by atoms with Gasteiger partial charge in [-0.05, 0) is 6.42 Å². The SMILES string of the molecule is CCCCCCCCCCCC(=O)OC[C@@H](O)[C@H](O)[C@H](O)CO. The normalized spacial score (nSPS) is 15.2. The lowest BCUT2D eigenvalue weighted by atomic mass is 10.1. The number of aliphatic hydroxyl groups is 4. The van der Waals surface area contributed by atoms with E-state index in [4.69, 9.17) is 14.9 Å². The average Bonchev–Trinajstić information content (AvgIpc) is 2.56. The number of carbonyl (C=O) groups is 1. The molecule has 0 fully saturated rings. The summed E-state index contributed by atoms with van der Waals surface area (Å²) in [5.41, 5.74) is 0. The molecule has 0 aromatic rings. The number of hydrogen-bond donors (Lipinski definition) is 4. The molecule has 4 N–H and O–H groups in total. The molecule has 6 nitrogen and oxygen atoms in total. The van der Waals surface area contributed by atoms with Gasteiger partial charge in [-0.1, -0.05) is 58.3 Å². The van der Waals surface area contributed by atoms with E-state index in [2.05, 4.69) is 6.92 Å². The van der Waals surface area contributed by atoms with E-state index in [1.807, 2.05) is 0 Å². The Morgan fingerprint density at radius 1 is 0.870 bits per heavy atom. The van der Waals surface area contributed by atoms with Gasteiger partial charge < -0.3 is 25.2 Å². The largest absolute Gasteiger partial charge is 0.463 e. The van der Waals surface area contributed by atoms with Crippen LogP contribution in [0.3, 0.4) is 0 Å². The van der Waals surface area contributed by atoms with Gasteiger partial charge in [-0.2, -0.15) is 0 Å². The van der Waals surface area contributed by atoms with Gasteiger partial charge in [0.25, 0.3) is 0 Å². The lowest BCUT2D eigenvalue weighted by Gasteiger charge is -2.21. The Bertz CT molecular complexity index is 284. The second-order valence-corrected chi connectivity index (χ2v) is 6.07. The van der Waals surface area contributed by atoms with Crippen LogP contribution in [0.25, 0.3) is 0 Å². The minimum atomic E-state index is -1.53. The van der Waals surface area contributed by atoms with E-state index in [0.717, 1.165) is 19.3 Å². The average molecular weight is 334 g/mol. The van der Waals surface area contributed by atoms with Crippen LogP contribution in [0, 0.1) is 0 Å². The topological polar surface area (TPSA) is 107 Å². The fraction of sp³-hybridized carbons (Fsp3) is 0.941. The second-order valence-electron chi connectivity index (χ2n) is 6.07. The molecule has 0 saturated heterocycles. The summed E-state index contributed by atoms with van der Waals surface area (Å²) >= 11 is 0. The van der Waals surface area contributed by atoms with Crippen molar-refractivity contribution in [3.8, 4) is 0 Å². The summed E-state index contributed by atoms with van der Waals surface area (Å²) in [4.78, 5) is 11.5. The smallest absolute Gasteiger partial charge is 0.305 e. The van der Waals surface area contributed by atoms with E-state index >= 15 is 0 Å². The summed E-state index contributed by atoms with van der Waals surface area (Å²) in [6.07, 6.45) is 6.38. The molecule has 0 radical (unpaired) electrons. The van der Waals surface area contributed by atoms with Gasteiger partial charge in [-0.15, -0.1) is 0 Å². The highest BCUT2D eigenvalue weighted by Gasteiger charge is 2.25. The van der Waals surface area contributed by atoms with Gasteiger partial charge in [0.15, 0.2) is 0 Å². The maximum Gasteiger partial charge on any atom is 0.305 e. The number of hydrogen-bond acceptors (Lipinski definition) is 6. The first-order valence-electron chi connectivity index (χ1n) is 8.83. The van der Waals surface area contributed by atoms with Crippen molar-refractivity contribution in [3.05, 3.63) is 0 Å². The summed E-state index contributed by atoms with van der Waals surface area (Å²) in [5, 5.41) is 36.7. The fourth-order valence-corrected chi connectivity index (χ4v) is 2.29. The molecule has 3 atom stereocenters. The highest BCUT2D eigenvalue weighted by atomic mass is 16.5. The minimum absolute atomic E-state index is 0.293. The van der Waals surface area contributed by atoms with Gasteiger partial charge in [0.2, 0.25) is 0 Å². The van der Waals surface area contributed by atoms with E-state index < -0.39 is 30.9 Å². The van der Waals surface area contributed by atoms with E-state index in [1.54, 1.807) is 0 Å². The number of rotatable bonds is 15. The van der Waals surface area contributed by atoms with Crippen LogP contribution >= 0.6 is 0 Å². The van der Waals surface area contributed by atoms with Crippen molar-refractivity contribution in [2.75, 3.05) is 13.2 Å². The molecule has 0 unspecified atom stereocenters. The minimum Gasteiger partial charge on any atom is -0.463 e. The molecule has 0 aliphatic rings. The van der Waals surface area contributed by atoms with Crippen molar-refractivity contribution < 1.29 is 30.0 Å². The Morgan fingerprint density at radius 2 is 1.39 bits per heavy atom. The Hall–Kier alpha value is -0.690. The van der Waals surface area contributed by atoms with Crippen LogP contribution in [0.4, 0.5) is 0 Å². The first-order chi connectivity index (χ1) is 11.0. The third-order valence-electron chi connectivity index (χ3n) is 3.88. The molecule has 23 heavy (non-hydrogen) atoms. The third-order valence-corrected chi connectivity index (χ3v) is 3.88. The van der Waals surface area contributed by atoms with Gasteiger partial charge in [0, 0.05) is 6.42 Å². The molecule has 0 heterocycles. The molecule has 6 heteroatoms. The van der Waals surface area contributed by atoms with Crippen LogP contribution in [0.5, 0.6) is 0 Å². The van der Waals surface area contributed by atoms with Gasteiger partial charge >= 0.3 is 5.97 Å². The zero-order valence-corrected chi connectivity index (χ0v) is 14.3. The first kappa shape index (κ1) is 22.3. The molecular formula is C17H34O6. The lowest BCUT2D eigenvalue weighted by Crippen LogP contribution is -2.42. The number of aliphatic hydroxyl groups excluding tert-OH is 4. The highest BCUT2D eigenvalue weighted by molar-refractivity contribution is 5.69. The zero-order valence-electron chi connectivity index (χ0n) is 14.3. The number of unbranched alkanes of at least 4 members (excludes halogenated alkanes) is 8. The van der Waals surface area contributed by atoms with Crippen LogP contribution in [0.1, 0.15) is 71.1 Å². The molecule has 0 bridgehead atoms. The predicted molar refractivity (Wildman–Crippen MR) is 87.9 cm³/mol. The van der Waals surface area contributed by atoms with Gasteiger partial charge in [0.1, 0.15) is 24.9 Å². The predicted octanol–water partition coefficient (Wildman–Crippen LogP) is 1.53. The Kier molecular flexibility index (Phi) is 14.4. The van der Waals surface area contributed by atoms with Crippen molar-refractivity contribution in [1.82, 2.24) is 0 Å². The number of ether oxygens (including phenoxy) is 1. The molecule has 0 amide bonds. The quantitative estimate of drug-likeness (QED) is 0.267. The van der Waals surface area contributed by atoms with E-state index in [0.29, 0.717) is 6.42 Å². The summed E-state index contributed by atoms with van der Waals surface area (Å²) in [5.74, 6) is -0.419. The van der Waals surface area contributed by atoms with Crippen LogP contribution in [-0.4, -0.2) is 57.9 Å². The molecule has 0 aromatic heterocycles.